The molecule has 0 N–H and O–H groups in total. The van der Waals surface area contributed by atoms with Crippen LogP contribution in [0.1, 0.15) is 22.8 Å². The first-order valence-corrected chi connectivity index (χ1v) is 8.92. The number of para-hydroxylation sites is 2. The van der Waals surface area contributed by atoms with Crippen LogP contribution in [0.15, 0.2) is 72.8 Å². The lowest BCUT2D eigenvalue weighted by Crippen LogP contribution is -2.07. The SMILES string of the molecule is Cc1cc(CCc2cc(C)nn2-c2ccccc2)n(-c2ccccc2)n1. The Morgan fingerprint density at radius 3 is 1.38 bits per heavy atom. The molecule has 130 valence electrons. The maximum atomic E-state index is 4.67. The Labute approximate surface area is 153 Å². The highest BCUT2D eigenvalue weighted by Crippen LogP contribution is 2.17. The van der Waals surface area contributed by atoms with Gasteiger partial charge in [-0.2, -0.15) is 10.2 Å². The van der Waals surface area contributed by atoms with Crippen molar-refractivity contribution in [2.45, 2.75) is 26.7 Å². The molecule has 0 unspecified atom stereocenters. The van der Waals surface area contributed by atoms with Crippen LogP contribution >= 0.6 is 0 Å². The summed E-state index contributed by atoms with van der Waals surface area (Å²) in [5, 5.41) is 9.35. The zero-order valence-corrected chi connectivity index (χ0v) is 15.1. The molecule has 4 heteroatoms. The Morgan fingerprint density at radius 1 is 0.615 bits per heavy atom. The molecule has 0 fully saturated rings. The molecular formula is C22H22N4. The summed E-state index contributed by atoms with van der Waals surface area (Å²) < 4.78 is 4.09. The minimum atomic E-state index is 0.910. The van der Waals surface area contributed by atoms with Crippen molar-refractivity contribution in [3.05, 3.63) is 95.6 Å². The van der Waals surface area contributed by atoms with Crippen LogP contribution in [0, 0.1) is 13.8 Å². The van der Waals surface area contributed by atoms with Gasteiger partial charge >= 0.3 is 0 Å². The summed E-state index contributed by atoms with van der Waals surface area (Å²) in [5.74, 6) is 0. The Hall–Kier alpha value is -3.14. The molecular weight excluding hydrogens is 320 g/mol. The van der Waals surface area contributed by atoms with E-state index in [2.05, 4.69) is 46.6 Å². The first-order chi connectivity index (χ1) is 12.7. The molecule has 0 aliphatic carbocycles. The summed E-state index contributed by atoms with van der Waals surface area (Å²) >= 11 is 0. The monoisotopic (exact) mass is 342 g/mol. The summed E-state index contributed by atoms with van der Waals surface area (Å²) in [7, 11) is 0. The van der Waals surface area contributed by atoms with Crippen molar-refractivity contribution in [3.63, 3.8) is 0 Å². The van der Waals surface area contributed by atoms with Crippen molar-refractivity contribution >= 4 is 0 Å². The fourth-order valence-corrected chi connectivity index (χ4v) is 3.30. The molecule has 4 rings (SSSR count). The summed E-state index contributed by atoms with van der Waals surface area (Å²) in [5.41, 5.74) is 6.71. The van der Waals surface area contributed by atoms with E-state index in [0.717, 1.165) is 35.6 Å². The molecule has 0 aliphatic heterocycles. The van der Waals surface area contributed by atoms with Gasteiger partial charge in [0.05, 0.1) is 22.8 Å². The molecule has 0 radical (unpaired) electrons. The van der Waals surface area contributed by atoms with Gasteiger partial charge in [0, 0.05) is 11.4 Å². The molecule has 4 nitrogen and oxygen atoms in total. The molecule has 0 amide bonds. The van der Waals surface area contributed by atoms with E-state index < -0.39 is 0 Å². The standard InChI is InChI=1S/C22H22N4/c1-17-15-21(25(23-17)19-9-5-3-6-10-19)13-14-22-16-18(2)24-26(22)20-11-7-4-8-12-20/h3-12,15-16H,13-14H2,1-2H3. The van der Waals surface area contributed by atoms with E-state index >= 15 is 0 Å². The van der Waals surface area contributed by atoms with Gasteiger partial charge in [-0.3, -0.25) is 0 Å². The van der Waals surface area contributed by atoms with Gasteiger partial charge in [0.15, 0.2) is 0 Å². The van der Waals surface area contributed by atoms with Crippen molar-refractivity contribution in [1.82, 2.24) is 19.6 Å². The molecule has 4 aromatic rings. The molecule has 0 saturated carbocycles. The zero-order valence-electron chi connectivity index (χ0n) is 15.1. The molecule has 2 aromatic heterocycles. The lowest BCUT2D eigenvalue weighted by Gasteiger charge is -2.09. The number of hydrogen-bond acceptors (Lipinski definition) is 2. The number of aromatic nitrogens is 4. The number of benzene rings is 2. The van der Waals surface area contributed by atoms with E-state index in [1.165, 1.54) is 11.4 Å². The van der Waals surface area contributed by atoms with Crippen molar-refractivity contribution in [1.29, 1.82) is 0 Å². The van der Waals surface area contributed by atoms with E-state index in [1.807, 2.05) is 59.6 Å². The Morgan fingerprint density at radius 2 is 1.00 bits per heavy atom. The first kappa shape index (κ1) is 16.3. The predicted octanol–water partition coefficient (Wildman–Crippen LogP) is 4.46. The molecule has 0 saturated heterocycles. The van der Waals surface area contributed by atoms with Crippen LogP contribution in [-0.2, 0) is 12.8 Å². The average Bonchev–Trinajstić information content (AvgIpc) is 3.23. The molecule has 26 heavy (non-hydrogen) atoms. The van der Waals surface area contributed by atoms with E-state index in [1.54, 1.807) is 0 Å². The maximum absolute atomic E-state index is 4.67. The van der Waals surface area contributed by atoms with Crippen LogP contribution < -0.4 is 0 Å². The largest absolute Gasteiger partial charge is 0.238 e. The number of nitrogens with zero attached hydrogens (tertiary/aromatic N) is 4. The van der Waals surface area contributed by atoms with Gasteiger partial charge in [0.2, 0.25) is 0 Å². The quantitative estimate of drug-likeness (QED) is 0.537. The highest BCUT2D eigenvalue weighted by atomic mass is 15.3. The molecule has 0 bridgehead atoms. The Bertz CT molecular complexity index is 914. The zero-order chi connectivity index (χ0) is 17.9. The number of rotatable bonds is 5. The van der Waals surface area contributed by atoms with Gasteiger partial charge in [-0.15, -0.1) is 0 Å². The number of aryl methyl sites for hydroxylation is 4. The lowest BCUT2D eigenvalue weighted by atomic mass is 10.1. The van der Waals surface area contributed by atoms with Crippen LogP contribution in [-0.4, -0.2) is 19.6 Å². The highest BCUT2D eigenvalue weighted by Gasteiger charge is 2.11. The third-order valence-corrected chi connectivity index (χ3v) is 4.45. The maximum Gasteiger partial charge on any atom is 0.0648 e. The van der Waals surface area contributed by atoms with Crippen molar-refractivity contribution < 1.29 is 0 Å². The third-order valence-electron chi connectivity index (χ3n) is 4.45. The minimum absolute atomic E-state index is 0.910. The van der Waals surface area contributed by atoms with Crippen LogP contribution in [0.25, 0.3) is 11.4 Å². The molecule has 2 heterocycles. The minimum Gasteiger partial charge on any atom is -0.238 e. The molecule has 2 aromatic carbocycles. The van der Waals surface area contributed by atoms with Crippen molar-refractivity contribution in [2.24, 2.45) is 0 Å². The van der Waals surface area contributed by atoms with Crippen molar-refractivity contribution in [2.75, 3.05) is 0 Å². The fraction of sp³-hybridized carbons (Fsp3) is 0.182. The molecule has 0 spiro atoms. The first-order valence-electron chi connectivity index (χ1n) is 8.92. The van der Waals surface area contributed by atoms with Gasteiger partial charge in [-0.25, -0.2) is 9.36 Å². The average molecular weight is 342 g/mol. The predicted molar refractivity (Wildman–Crippen MR) is 104 cm³/mol. The van der Waals surface area contributed by atoms with Gasteiger partial charge in [0.1, 0.15) is 0 Å². The van der Waals surface area contributed by atoms with E-state index in [9.17, 15) is 0 Å². The second-order valence-corrected chi connectivity index (χ2v) is 6.55. The summed E-state index contributed by atoms with van der Waals surface area (Å²) in [6.07, 6.45) is 1.82. The Balaban J connectivity index is 1.62. The van der Waals surface area contributed by atoms with E-state index in [4.69, 9.17) is 0 Å². The van der Waals surface area contributed by atoms with Crippen LogP contribution in [0.2, 0.25) is 0 Å². The van der Waals surface area contributed by atoms with E-state index in [-0.39, 0.29) is 0 Å². The summed E-state index contributed by atoms with van der Waals surface area (Å²) in [6.45, 7) is 4.09. The summed E-state index contributed by atoms with van der Waals surface area (Å²) in [6, 6.07) is 24.9. The molecule has 0 aliphatic rings. The Kier molecular flexibility index (Phi) is 4.40. The second-order valence-electron chi connectivity index (χ2n) is 6.55. The lowest BCUT2D eigenvalue weighted by molar-refractivity contribution is 0.740. The van der Waals surface area contributed by atoms with E-state index in [0.29, 0.717) is 0 Å². The topological polar surface area (TPSA) is 35.6 Å². The fourth-order valence-electron chi connectivity index (χ4n) is 3.30. The highest BCUT2D eigenvalue weighted by molar-refractivity contribution is 5.35. The normalized spacial score (nSPS) is 11.0. The number of hydrogen-bond donors (Lipinski definition) is 0. The third kappa shape index (κ3) is 3.31. The smallest absolute Gasteiger partial charge is 0.0648 e. The second kappa shape index (κ2) is 7.00. The summed E-state index contributed by atoms with van der Waals surface area (Å²) in [4.78, 5) is 0. The van der Waals surface area contributed by atoms with Crippen LogP contribution in [0.5, 0.6) is 0 Å². The van der Waals surface area contributed by atoms with Crippen molar-refractivity contribution in [3.8, 4) is 11.4 Å². The van der Waals surface area contributed by atoms with Crippen LogP contribution in [0.3, 0.4) is 0 Å². The molecule has 0 atom stereocenters. The van der Waals surface area contributed by atoms with Gasteiger partial charge < -0.3 is 0 Å². The van der Waals surface area contributed by atoms with Gasteiger partial charge in [0.25, 0.3) is 0 Å². The van der Waals surface area contributed by atoms with Gasteiger partial charge in [-0.1, -0.05) is 36.4 Å². The van der Waals surface area contributed by atoms with Gasteiger partial charge in [-0.05, 0) is 63.1 Å². The van der Waals surface area contributed by atoms with Crippen LogP contribution in [0.4, 0.5) is 0 Å².